The average Bonchev–Trinajstić information content (AvgIpc) is 3.36. The van der Waals surface area contributed by atoms with Crippen LogP contribution in [0.25, 0.3) is 11.3 Å². The molecule has 10 heteroatoms. The highest BCUT2D eigenvalue weighted by Crippen LogP contribution is 2.31. The van der Waals surface area contributed by atoms with E-state index >= 15 is 0 Å². The van der Waals surface area contributed by atoms with Gasteiger partial charge in [0.15, 0.2) is 0 Å². The number of hydrogen-bond acceptors (Lipinski definition) is 7. The number of carbonyl (C=O) groups is 1. The summed E-state index contributed by atoms with van der Waals surface area (Å²) in [6.07, 6.45) is 1.79. The van der Waals surface area contributed by atoms with Gasteiger partial charge in [-0.3, -0.25) is 14.9 Å². The first kappa shape index (κ1) is 18.4. The molecule has 0 spiro atoms. The van der Waals surface area contributed by atoms with E-state index in [0.29, 0.717) is 23.0 Å². The molecule has 1 fully saturated rings. The zero-order valence-corrected chi connectivity index (χ0v) is 15.5. The predicted octanol–water partition coefficient (Wildman–Crippen LogP) is 2.39. The molecule has 1 N–H and O–H groups in total. The number of rotatable bonds is 5. The number of hydrogen-bond donors (Lipinski definition) is 1. The molecule has 1 amide bonds. The lowest BCUT2D eigenvalue weighted by Gasteiger charge is -2.07. The van der Waals surface area contributed by atoms with Crippen molar-refractivity contribution in [1.82, 2.24) is 20.0 Å². The summed E-state index contributed by atoms with van der Waals surface area (Å²) in [5.41, 5.74) is 0.684. The van der Waals surface area contributed by atoms with Gasteiger partial charge in [-0.15, -0.1) is 10.2 Å². The van der Waals surface area contributed by atoms with Gasteiger partial charge in [0, 0.05) is 18.2 Å². The van der Waals surface area contributed by atoms with Gasteiger partial charge >= 0.3 is 0 Å². The maximum absolute atomic E-state index is 13.1. The number of benzene rings is 1. The molecule has 3 heterocycles. The summed E-state index contributed by atoms with van der Waals surface area (Å²) in [6, 6.07) is 8.57. The molecule has 0 saturated carbocycles. The maximum atomic E-state index is 13.1. The van der Waals surface area contributed by atoms with Crippen LogP contribution in [-0.2, 0) is 16.1 Å². The highest BCUT2D eigenvalue weighted by molar-refractivity contribution is 7.15. The number of anilines is 1. The standard InChI is InChI=1S/C18H16FN5O3S/c19-12-5-3-11(4-6-12)13-7-8-16(26)24(23-13)10-15(25)20-18-22-21-17(28-18)14-2-1-9-27-14/h3-8,14H,1-2,9-10H2,(H,20,22,25)/t14-/m0/s1. The molecule has 1 aliphatic heterocycles. The first-order chi connectivity index (χ1) is 13.6. The molecule has 0 unspecified atom stereocenters. The highest BCUT2D eigenvalue weighted by atomic mass is 32.1. The molecule has 1 aromatic carbocycles. The molecule has 144 valence electrons. The van der Waals surface area contributed by atoms with Crippen molar-refractivity contribution in [2.45, 2.75) is 25.5 Å². The minimum Gasteiger partial charge on any atom is -0.371 e. The van der Waals surface area contributed by atoms with Crippen molar-refractivity contribution < 1.29 is 13.9 Å². The van der Waals surface area contributed by atoms with Crippen molar-refractivity contribution in [3.05, 3.63) is 57.6 Å². The van der Waals surface area contributed by atoms with E-state index in [1.165, 1.54) is 35.6 Å². The fraction of sp³-hybridized carbons (Fsp3) is 0.278. The summed E-state index contributed by atoms with van der Waals surface area (Å²) in [5.74, 6) is -0.809. The Hall–Kier alpha value is -2.98. The van der Waals surface area contributed by atoms with Crippen LogP contribution in [0.5, 0.6) is 0 Å². The van der Waals surface area contributed by atoms with Gasteiger partial charge in [0.1, 0.15) is 23.5 Å². The summed E-state index contributed by atoms with van der Waals surface area (Å²) in [6.45, 7) is 0.424. The minimum atomic E-state index is -0.444. The molecule has 8 nitrogen and oxygen atoms in total. The smallest absolute Gasteiger partial charge is 0.267 e. The Morgan fingerprint density at radius 2 is 2.07 bits per heavy atom. The Morgan fingerprint density at radius 3 is 2.82 bits per heavy atom. The molecule has 0 bridgehead atoms. The van der Waals surface area contributed by atoms with Crippen LogP contribution in [0.1, 0.15) is 24.0 Å². The van der Waals surface area contributed by atoms with Gasteiger partial charge in [-0.25, -0.2) is 9.07 Å². The Labute approximate surface area is 163 Å². The Balaban J connectivity index is 1.46. The molecule has 3 aromatic rings. The van der Waals surface area contributed by atoms with E-state index in [4.69, 9.17) is 4.74 Å². The monoisotopic (exact) mass is 401 g/mol. The molecule has 1 atom stereocenters. The molecule has 0 aliphatic carbocycles. The Morgan fingerprint density at radius 1 is 1.25 bits per heavy atom. The van der Waals surface area contributed by atoms with Gasteiger partial charge in [-0.2, -0.15) is 5.10 Å². The zero-order chi connectivity index (χ0) is 19.5. The summed E-state index contributed by atoms with van der Waals surface area (Å²) >= 11 is 1.25. The number of nitrogens with zero attached hydrogens (tertiary/aromatic N) is 4. The van der Waals surface area contributed by atoms with E-state index in [1.807, 2.05) is 0 Å². The molecular weight excluding hydrogens is 385 g/mol. The summed E-state index contributed by atoms with van der Waals surface area (Å²) in [7, 11) is 0. The first-order valence-corrected chi connectivity index (χ1v) is 9.49. The lowest BCUT2D eigenvalue weighted by Crippen LogP contribution is -2.29. The van der Waals surface area contributed by atoms with Crippen molar-refractivity contribution in [2.24, 2.45) is 0 Å². The lowest BCUT2D eigenvalue weighted by molar-refractivity contribution is -0.117. The van der Waals surface area contributed by atoms with Crippen LogP contribution in [0, 0.1) is 5.82 Å². The van der Waals surface area contributed by atoms with Crippen LogP contribution in [0.2, 0.25) is 0 Å². The van der Waals surface area contributed by atoms with Gasteiger partial charge in [-0.05, 0) is 43.2 Å². The number of carbonyl (C=O) groups excluding carboxylic acids is 1. The van der Waals surface area contributed by atoms with Gasteiger partial charge < -0.3 is 4.74 Å². The van der Waals surface area contributed by atoms with E-state index in [2.05, 4.69) is 20.6 Å². The van der Waals surface area contributed by atoms with Crippen molar-refractivity contribution in [2.75, 3.05) is 11.9 Å². The zero-order valence-electron chi connectivity index (χ0n) is 14.7. The molecule has 28 heavy (non-hydrogen) atoms. The average molecular weight is 401 g/mol. The van der Waals surface area contributed by atoms with E-state index in [9.17, 15) is 14.0 Å². The number of halogens is 1. The predicted molar refractivity (Wildman–Crippen MR) is 100 cm³/mol. The summed E-state index contributed by atoms with van der Waals surface area (Å²) in [4.78, 5) is 24.3. The van der Waals surface area contributed by atoms with Crippen LogP contribution in [0.4, 0.5) is 9.52 Å². The Bertz CT molecular complexity index is 1040. The molecule has 2 aromatic heterocycles. The third-order valence-electron chi connectivity index (χ3n) is 4.19. The minimum absolute atomic E-state index is 0.0696. The number of nitrogens with one attached hydrogen (secondary N) is 1. The van der Waals surface area contributed by atoms with E-state index in [0.717, 1.165) is 22.5 Å². The molecular formula is C18H16FN5O3S. The lowest BCUT2D eigenvalue weighted by atomic mass is 10.1. The van der Waals surface area contributed by atoms with Crippen molar-refractivity contribution in [1.29, 1.82) is 0 Å². The molecule has 1 saturated heterocycles. The number of ether oxygens (including phenoxy) is 1. The normalized spacial score (nSPS) is 16.2. The van der Waals surface area contributed by atoms with Gasteiger partial charge in [0.25, 0.3) is 5.56 Å². The van der Waals surface area contributed by atoms with E-state index in [-0.39, 0.29) is 18.5 Å². The molecule has 0 radical (unpaired) electrons. The van der Waals surface area contributed by atoms with Crippen molar-refractivity contribution >= 4 is 22.4 Å². The van der Waals surface area contributed by atoms with Crippen molar-refractivity contribution in [3.8, 4) is 11.3 Å². The Kier molecular flexibility index (Phi) is 5.22. The third kappa shape index (κ3) is 4.12. The van der Waals surface area contributed by atoms with Crippen LogP contribution in [0.15, 0.2) is 41.2 Å². The highest BCUT2D eigenvalue weighted by Gasteiger charge is 2.22. The van der Waals surface area contributed by atoms with Crippen LogP contribution in [-0.4, -0.2) is 32.5 Å². The maximum Gasteiger partial charge on any atom is 0.267 e. The second kappa shape index (κ2) is 7.95. The van der Waals surface area contributed by atoms with E-state index in [1.54, 1.807) is 12.1 Å². The largest absolute Gasteiger partial charge is 0.371 e. The fourth-order valence-corrected chi connectivity index (χ4v) is 3.66. The van der Waals surface area contributed by atoms with Crippen molar-refractivity contribution in [3.63, 3.8) is 0 Å². The van der Waals surface area contributed by atoms with Crippen LogP contribution in [0.3, 0.4) is 0 Å². The first-order valence-electron chi connectivity index (χ1n) is 8.67. The van der Waals surface area contributed by atoms with Gasteiger partial charge in [0.2, 0.25) is 11.0 Å². The fourth-order valence-electron chi connectivity index (χ4n) is 2.82. The van der Waals surface area contributed by atoms with Gasteiger partial charge in [-0.1, -0.05) is 11.3 Å². The van der Waals surface area contributed by atoms with Crippen LogP contribution < -0.4 is 10.9 Å². The topological polar surface area (TPSA) is 99.0 Å². The molecule has 1 aliphatic rings. The third-order valence-corrected chi connectivity index (χ3v) is 5.12. The molecule has 4 rings (SSSR count). The van der Waals surface area contributed by atoms with E-state index < -0.39 is 11.5 Å². The van der Waals surface area contributed by atoms with Crippen LogP contribution >= 0.6 is 11.3 Å². The second-order valence-electron chi connectivity index (χ2n) is 6.22. The summed E-state index contributed by atoms with van der Waals surface area (Å²) in [5, 5.41) is 15.9. The quantitative estimate of drug-likeness (QED) is 0.705. The SMILES string of the molecule is O=C(Cn1nc(-c2ccc(F)cc2)ccc1=O)Nc1nnc([C@@H]2CCCO2)s1. The van der Waals surface area contributed by atoms with Gasteiger partial charge in [0.05, 0.1) is 5.69 Å². The number of amides is 1. The second-order valence-corrected chi connectivity index (χ2v) is 7.23. The number of aromatic nitrogens is 4. The summed E-state index contributed by atoms with van der Waals surface area (Å²) < 4.78 is 19.7.